The number of hydrogen-bond acceptors (Lipinski definition) is 4. The fourth-order valence-corrected chi connectivity index (χ4v) is 1.67. The zero-order valence-electron chi connectivity index (χ0n) is 9.51. The predicted octanol–water partition coefficient (Wildman–Crippen LogP) is 2.52. The fraction of sp³-hybridized carbons (Fsp3) is 0.231. The van der Waals surface area contributed by atoms with E-state index >= 15 is 0 Å². The van der Waals surface area contributed by atoms with Crippen molar-refractivity contribution in [1.82, 2.24) is 0 Å². The van der Waals surface area contributed by atoms with Gasteiger partial charge in [-0.25, -0.2) is 0 Å². The fourth-order valence-electron chi connectivity index (χ4n) is 1.17. The third-order valence-electron chi connectivity index (χ3n) is 1.86. The van der Waals surface area contributed by atoms with Crippen molar-refractivity contribution in [2.45, 2.75) is 13.3 Å². The van der Waals surface area contributed by atoms with Crippen LogP contribution in [0.25, 0.3) is 0 Å². The third kappa shape index (κ3) is 5.79. The molecule has 17 heavy (non-hydrogen) atoms. The van der Waals surface area contributed by atoms with E-state index in [1.54, 1.807) is 6.92 Å². The lowest BCUT2D eigenvalue weighted by molar-refractivity contribution is -0.109. The highest BCUT2D eigenvalue weighted by Gasteiger charge is 1.92. The van der Waals surface area contributed by atoms with Crippen molar-refractivity contribution in [3.63, 3.8) is 0 Å². The molecule has 1 aromatic carbocycles. The van der Waals surface area contributed by atoms with Crippen LogP contribution in [0.2, 0.25) is 0 Å². The highest BCUT2D eigenvalue weighted by Crippen LogP contribution is 2.04. The summed E-state index contributed by atoms with van der Waals surface area (Å²) in [6.07, 6.45) is 2.04. The van der Waals surface area contributed by atoms with Gasteiger partial charge >= 0.3 is 0 Å². The first kappa shape index (κ1) is 13.3. The lowest BCUT2D eigenvalue weighted by Gasteiger charge is -1.93. The molecule has 0 atom stereocenters. The molecule has 0 aromatic heterocycles. The summed E-state index contributed by atoms with van der Waals surface area (Å²) in [5.41, 5.74) is 1.67. The summed E-state index contributed by atoms with van der Waals surface area (Å²) in [6.45, 7) is 1.55. The minimum atomic E-state index is 0.118. The van der Waals surface area contributed by atoms with Crippen molar-refractivity contribution >= 4 is 23.1 Å². The van der Waals surface area contributed by atoms with Crippen LogP contribution < -0.4 is 0 Å². The van der Waals surface area contributed by atoms with Gasteiger partial charge in [-0.1, -0.05) is 40.9 Å². The largest absolute Gasteiger partial charge is 0.411 e. The number of carbonyl (C=O) groups excluding carboxylic acids is 1. The van der Waals surface area contributed by atoms with E-state index < -0.39 is 0 Å². The minimum absolute atomic E-state index is 0.118. The molecule has 1 rings (SSSR count). The van der Waals surface area contributed by atoms with E-state index in [0.717, 1.165) is 16.9 Å². The van der Waals surface area contributed by atoms with Gasteiger partial charge in [0.2, 0.25) is 0 Å². The van der Waals surface area contributed by atoms with E-state index in [0.29, 0.717) is 6.42 Å². The van der Waals surface area contributed by atoms with Gasteiger partial charge in [0.25, 0.3) is 0 Å². The van der Waals surface area contributed by atoms with E-state index in [9.17, 15) is 4.79 Å². The van der Waals surface area contributed by atoms with E-state index in [1.165, 1.54) is 18.0 Å². The van der Waals surface area contributed by atoms with Crippen molar-refractivity contribution in [3.8, 4) is 11.8 Å². The van der Waals surface area contributed by atoms with Gasteiger partial charge in [-0.2, -0.15) is 0 Å². The van der Waals surface area contributed by atoms with Crippen LogP contribution in [0.3, 0.4) is 0 Å². The second kappa shape index (κ2) is 7.53. The van der Waals surface area contributed by atoms with Crippen LogP contribution in [0.1, 0.15) is 24.5 Å². The van der Waals surface area contributed by atoms with Crippen LogP contribution in [-0.2, 0) is 4.79 Å². The highest BCUT2D eigenvalue weighted by atomic mass is 32.2. The first-order valence-electron chi connectivity index (χ1n) is 5.12. The zero-order chi connectivity index (χ0) is 12.5. The molecule has 3 nitrogen and oxygen atoms in total. The van der Waals surface area contributed by atoms with Crippen molar-refractivity contribution in [2.24, 2.45) is 5.16 Å². The molecular weight excluding hydrogens is 234 g/mol. The summed E-state index contributed by atoms with van der Waals surface area (Å²) in [7, 11) is 0. The smallest absolute Gasteiger partial charge is 0.185 e. The average Bonchev–Trinajstić information content (AvgIpc) is 2.29. The molecule has 1 N–H and O–H groups in total. The number of carbonyl (C=O) groups is 1. The lowest BCUT2D eigenvalue weighted by Crippen LogP contribution is -1.85. The molecule has 0 fully saturated rings. The number of nitrogens with zero attached hydrogens (tertiary/aromatic N) is 1. The summed E-state index contributed by atoms with van der Waals surface area (Å²) in [6, 6.07) is 7.41. The van der Waals surface area contributed by atoms with Crippen LogP contribution in [0.5, 0.6) is 0 Å². The second-order valence-electron chi connectivity index (χ2n) is 3.26. The van der Waals surface area contributed by atoms with Gasteiger partial charge in [0, 0.05) is 24.7 Å². The summed E-state index contributed by atoms with van der Waals surface area (Å²) in [5, 5.41) is 11.5. The van der Waals surface area contributed by atoms with Gasteiger partial charge in [0.15, 0.2) is 5.12 Å². The molecule has 0 bridgehead atoms. The Morgan fingerprint density at radius 1 is 1.59 bits per heavy atom. The number of rotatable bonds is 3. The quantitative estimate of drug-likeness (QED) is 0.293. The van der Waals surface area contributed by atoms with Gasteiger partial charge in [-0.3, -0.25) is 4.79 Å². The highest BCUT2D eigenvalue weighted by molar-refractivity contribution is 8.13. The molecule has 0 aliphatic heterocycles. The van der Waals surface area contributed by atoms with Gasteiger partial charge in [-0.15, -0.1) is 0 Å². The molecule has 0 unspecified atom stereocenters. The average molecular weight is 247 g/mol. The molecular formula is C13H13NO2S. The summed E-state index contributed by atoms with van der Waals surface area (Å²) >= 11 is 1.28. The maximum absolute atomic E-state index is 10.7. The standard InChI is InChI=1S/C13H13NO2S/c1-11(15)17-8-3-2-5-12-6-4-7-13(9-12)10-14-16/h4,6-7,9-10,16H,3,8H2,1H3. The van der Waals surface area contributed by atoms with E-state index in [1.807, 2.05) is 24.3 Å². The first-order chi connectivity index (χ1) is 8.22. The molecule has 0 aliphatic carbocycles. The Balaban J connectivity index is 2.53. The Morgan fingerprint density at radius 2 is 2.41 bits per heavy atom. The Labute approximate surface area is 105 Å². The Hall–Kier alpha value is -1.73. The van der Waals surface area contributed by atoms with Crippen molar-refractivity contribution < 1.29 is 10.0 Å². The SMILES string of the molecule is CC(=O)SCCC#Cc1cccc(C=NO)c1. The number of hydrogen-bond donors (Lipinski definition) is 1. The molecule has 0 radical (unpaired) electrons. The normalized spacial score (nSPS) is 9.94. The van der Waals surface area contributed by atoms with Gasteiger partial charge in [0.05, 0.1) is 6.21 Å². The Bertz CT molecular complexity index is 472. The van der Waals surface area contributed by atoms with E-state index in [4.69, 9.17) is 5.21 Å². The van der Waals surface area contributed by atoms with Crippen LogP contribution >= 0.6 is 11.8 Å². The maximum atomic E-state index is 10.7. The summed E-state index contributed by atoms with van der Waals surface area (Å²) in [4.78, 5) is 10.7. The monoisotopic (exact) mass is 247 g/mol. The number of oxime groups is 1. The molecule has 0 saturated heterocycles. The molecule has 0 saturated carbocycles. The summed E-state index contributed by atoms with van der Waals surface area (Å²) < 4.78 is 0. The van der Waals surface area contributed by atoms with Gasteiger partial charge in [-0.05, 0) is 17.7 Å². The molecule has 0 spiro atoms. The molecule has 0 aliphatic rings. The number of thioether (sulfide) groups is 1. The predicted molar refractivity (Wildman–Crippen MR) is 70.5 cm³/mol. The van der Waals surface area contributed by atoms with Crippen molar-refractivity contribution in [3.05, 3.63) is 35.4 Å². The van der Waals surface area contributed by atoms with Crippen LogP contribution in [-0.4, -0.2) is 22.3 Å². The van der Waals surface area contributed by atoms with Gasteiger partial charge < -0.3 is 5.21 Å². The number of benzene rings is 1. The summed E-state index contributed by atoms with van der Waals surface area (Å²) in [5.74, 6) is 6.72. The van der Waals surface area contributed by atoms with Crippen LogP contribution in [0, 0.1) is 11.8 Å². The lowest BCUT2D eigenvalue weighted by atomic mass is 10.1. The van der Waals surface area contributed by atoms with Crippen LogP contribution in [0.15, 0.2) is 29.4 Å². The molecule has 4 heteroatoms. The van der Waals surface area contributed by atoms with E-state index in [2.05, 4.69) is 17.0 Å². The molecule has 0 amide bonds. The Kier molecular flexibility index (Phi) is 5.91. The third-order valence-corrected chi connectivity index (χ3v) is 2.67. The molecule has 88 valence electrons. The zero-order valence-corrected chi connectivity index (χ0v) is 10.3. The van der Waals surface area contributed by atoms with Crippen molar-refractivity contribution in [1.29, 1.82) is 0 Å². The Morgan fingerprint density at radius 3 is 3.12 bits per heavy atom. The van der Waals surface area contributed by atoms with E-state index in [-0.39, 0.29) is 5.12 Å². The van der Waals surface area contributed by atoms with Crippen molar-refractivity contribution in [2.75, 3.05) is 5.75 Å². The van der Waals surface area contributed by atoms with Crippen LogP contribution in [0.4, 0.5) is 0 Å². The molecule has 0 heterocycles. The van der Waals surface area contributed by atoms with Gasteiger partial charge in [0.1, 0.15) is 0 Å². The second-order valence-corrected chi connectivity index (χ2v) is 4.53. The molecule has 1 aromatic rings. The first-order valence-corrected chi connectivity index (χ1v) is 6.10. The minimum Gasteiger partial charge on any atom is -0.411 e. The topological polar surface area (TPSA) is 49.7 Å². The maximum Gasteiger partial charge on any atom is 0.185 e.